The first-order valence-corrected chi connectivity index (χ1v) is 11.2. The van der Waals surface area contributed by atoms with E-state index < -0.39 is 12.0 Å². The van der Waals surface area contributed by atoms with E-state index >= 15 is 0 Å². The maximum Gasteiger partial charge on any atom is 0.387 e. The van der Waals surface area contributed by atoms with Crippen molar-refractivity contribution in [3.8, 4) is 28.8 Å². The van der Waals surface area contributed by atoms with Crippen molar-refractivity contribution in [1.82, 2.24) is 9.38 Å². The van der Waals surface area contributed by atoms with Crippen LogP contribution in [-0.4, -0.2) is 28.9 Å². The standard InChI is InChI=1S/C26H27F2N3O3/c1-5-26(7-8-26)13-19(32)23-20(33-4)10-16(11-21(23)34-24(27)28)18-14-30-22-12-17(6-9-31(18)22)25(2,3)15-29/h6,9-12,14,24H,5,7-8,13H2,1-4H3. The van der Waals surface area contributed by atoms with Crippen LogP contribution in [0.4, 0.5) is 8.78 Å². The van der Waals surface area contributed by atoms with Crippen LogP contribution in [0.1, 0.15) is 62.4 Å². The summed E-state index contributed by atoms with van der Waals surface area (Å²) in [6.45, 7) is 2.58. The summed E-state index contributed by atoms with van der Waals surface area (Å²) in [6, 6.07) is 8.99. The van der Waals surface area contributed by atoms with Crippen molar-refractivity contribution in [3.63, 3.8) is 0 Å². The Bertz CT molecular complexity index is 1290. The number of alkyl halides is 2. The molecule has 0 unspecified atom stereocenters. The van der Waals surface area contributed by atoms with Gasteiger partial charge in [-0.25, -0.2) is 4.98 Å². The quantitative estimate of drug-likeness (QED) is 0.352. The largest absolute Gasteiger partial charge is 0.496 e. The Kier molecular flexibility index (Phi) is 6.07. The third-order valence-electron chi connectivity index (χ3n) is 6.83. The zero-order chi connectivity index (χ0) is 24.7. The van der Waals surface area contributed by atoms with Gasteiger partial charge in [0.1, 0.15) is 22.7 Å². The molecule has 1 saturated carbocycles. The molecule has 1 aliphatic carbocycles. The molecule has 1 aromatic carbocycles. The SMILES string of the molecule is CCC1(CC(=O)c2c(OC)cc(-c3cnc4cc(C(C)(C)C#N)ccn34)cc2OC(F)F)CC1. The van der Waals surface area contributed by atoms with Crippen molar-refractivity contribution >= 4 is 11.4 Å². The summed E-state index contributed by atoms with van der Waals surface area (Å²) in [6.07, 6.45) is 6.42. The van der Waals surface area contributed by atoms with Crippen LogP contribution < -0.4 is 9.47 Å². The molecule has 1 aliphatic rings. The van der Waals surface area contributed by atoms with E-state index in [0.717, 1.165) is 24.8 Å². The average Bonchev–Trinajstić information content (AvgIpc) is 3.45. The summed E-state index contributed by atoms with van der Waals surface area (Å²) in [7, 11) is 1.40. The predicted octanol–water partition coefficient (Wildman–Crippen LogP) is 6.18. The normalized spacial score (nSPS) is 14.8. The summed E-state index contributed by atoms with van der Waals surface area (Å²) in [5.74, 6) is -0.291. The molecule has 178 valence electrons. The van der Waals surface area contributed by atoms with Crippen LogP contribution in [0.15, 0.2) is 36.7 Å². The highest BCUT2D eigenvalue weighted by atomic mass is 19.3. The lowest BCUT2D eigenvalue weighted by Crippen LogP contribution is -2.14. The number of hydrogen-bond donors (Lipinski definition) is 0. The fourth-order valence-corrected chi connectivity index (χ4v) is 4.27. The van der Waals surface area contributed by atoms with Crippen LogP contribution in [0, 0.1) is 16.7 Å². The van der Waals surface area contributed by atoms with E-state index in [1.54, 1.807) is 22.9 Å². The first-order valence-electron chi connectivity index (χ1n) is 11.2. The minimum absolute atomic E-state index is 0.0400. The molecule has 6 nitrogen and oxygen atoms in total. The molecule has 34 heavy (non-hydrogen) atoms. The molecule has 2 aromatic heterocycles. The topological polar surface area (TPSA) is 76.6 Å². The number of carbonyl (C=O) groups is 1. The highest BCUT2D eigenvalue weighted by molar-refractivity contribution is 6.02. The molecule has 0 atom stereocenters. The first-order chi connectivity index (χ1) is 16.1. The molecule has 3 aromatic rings. The number of hydrogen-bond acceptors (Lipinski definition) is 5. The number of nitrogens with zero attached hydrogens (tertiary/aromatic N) is 3. The van der Waals surface area contributed by atoms with E-state index in [1.807, 2.05) is 32.9 Å². The Morgan fingerprint density at radius 1 is 1.29 bits per heavy atom. The van der Waals surface area contributed by atoms with E-state index in [9.17, 15) is 18.8 Å². The number of carbonyl (C=O) groups excluding carboxylic acids is 1. The molecule has 8 heteroatoms. The summed E-state index contributed by atoms with van der Waals surface area (Å²) in [5, 5.41) is 9.43. The minimum Gasteiger partial charge on any atom is -0.496 e. The molecule has 0 amide bonds. The smallest absolute Gasteiger partial charge is 0.387 e. The van der Waals surface area contributed by atoms with Gasteiger partial charge < -0.3 is 9.47 Å². The predicted molar refractivity (Wildman–Crippen MR) is 123 cm³/mol. The van der Waals surface area contributed by atoms with Gasteiger partial charge in [-0.2, -0.15) is 14.0 Å². The lowest BCUT2D eigenvalue weighted by molar-refractivity contribution is -0.0502. The summed E-state index contributed by atoms with van der Waals surface area (Å²) >= 11 is 0. The molecule has 0 radical (unpaired) electrons. The number of methoxy groups -OCH3 is 1. The Morgan fingerprint density at radius 3 is 2.59 bits per heavy atom. The molecular formula is C26H27F2N3O3. The molecule has 0 bridgehead atoms. The second kappa shape index (κ2) is 8.71. The fraction of sp³-hybridized carbons (Fsp3) is 0.423. The van der Waals surface area contributed by atoms with Gasteiger partial charge in [-0.1, -0.05) is 13.3 Å². The van der Waals surface area contributed by atoms with Crippen molar-refractivity contribution < 1.29 is 23.0 Å². The molecule has 0 spiro atoms. The summed E-state index contributed by atoms with van der Waals surface area (Å²) in [5.41, 5.74) is 1.84. The molecule has 2 heterocycles. The highest BCUT2D eigenvalue weighted by Gasteiger charge is 2.43. The summed E-state index contributed by atoms with van der Waals surface area (Å²) in [4.78, 5) is 17.6. The number of imidazole rings is 1. The van der Waals surface area contributed by atoms with Crippen molar-refractivity contribution in [1.29, 1.82) is 5.26 Å². The van der Waals surface area contributed by atoms with Gasteiger partial charge in [0.25, 0.3) is 0 Å². The monoisotopic (exact) mass is 467 g/mol. The van der Waals surface area contributed by atoms with Crippen molar-refractivity contribution in [2.75, 3.05) is 7.11 Å². The van der Waals surface area contributed by atoms with Crippen LogP contribution in [0.2, 0.25) is 0 Å². The number of halogens is 2. The molecule has 0 N–H and O–H groups in total. The van der Waals surface area contributed by atoms with Gasteiger partial charge in [0.2, 0.25) is 0 Å². The Hall–Kier alpha value is -3.47. The van der Waals surface area contributed by atoms with Gasteiger partial charge in [-0.3, -0.25) is 9.20 Å². The van der Waals surface area contributed by atoms with E-state index in [4.69, 9.17) is 9.47 Å². The Balaban J connectivity index is 1.81. The van der Waals surface area contributed by atoms with E-state index in [2.05, 4.69) is 11.1 Å². The Labute approximate surface area is 197 Å². The van der Waals surface area contributed by atoms with Crippen LogP contribution >= 0.6 is 0 Å². The van der Waals surface area contributed by atoms with Crippen LogP contribution in [0.5, 0.6) is 11.5 Å². The third-order valence-corrected chi connectivity index (χ3v) is 6.83. The Morgan fingerprint density at radius 2 is 2.00 bits per heavy atom. The highest BCUT2D eigenvalue weighted by Crippen LogP contribution is 2.53. The number of nitriles is 1. The number of benzene rings is 1. The second-order valence-electron chi connectivity index (χ2n) is 9.41. The lowest BCUT2D eigenvalue weighted by atomic mass is 9.87. The number of aromatic nitrogens is 2. The van der Waals surface area contributed by atoms with Crippen LogP contribution in [0.3, 0.4) is 0 Å². The van der Waals surface area contributed by atoms with Gasteiger partial charge in [0, 0.05) is 18.2 Å². The van der Waals surface area contributed by atoms with Gasteiger partial charge in [0.05, 0.1) is 30.5 Å². The zero-order valence-electron chi connectivity index (χ0n) is 19.7. The number of pyridine rings is 1. The van der Waals surface area contributed by atoms with Crippen LogP contribution in [0.25, 0.3) is 16.9 Å². The molecule has 0 saturated heterocycles. The third kappa shape index (κ3) is 4.35. The summed E-state index contributed by atoms with van der Waals surface area (Å²) < 4.78 is 38.7. The van der Waals surface area contributed by atoms with E-state index in [0.29, 0.717) is 16.9 Å². The number of fused-ring (bicyclic) bond motifs is 1. The van der Waals surface area contributed by atoms with Crippen molar-refractivity contribution in [2.45, 2.75) is 58.5 Å². The lowest BCUT2D eigenvalue weighted by Gasteiger charge is -2.18. The molecule has 1 fully saturated rings. The zero-order valence-corrected chi connectivity index (χ0v) is 19.7. The number of rotatable bonds is 9. The van der Waals surface area contributed by atoms with Gasteiger partial charge in [-0.15, -0.1) is 0 Å². The molecular weight excluding hydrogens is 440 g/mol. The van der Waals surface area contributed by atoms with Crippen LogP contribution in [-0.2, 0) is 5.41 Å². The van der Waals surface area contributed by atoms with Crippen molar-refractivity contribution in [2.24, 2.45) is 5.41 Å². The van der Waals surface area contributed by atoms with Gasteiger partial charge >= 0.3 is 6.61 Å². The maximum absolute atomic E-state index is 13.3. The number of ether oxygens (including phenoxy) is 2. The van der Waals surface area contributed by atoms with Gasteiger partial charge in [-0.05, 0) is 61.9 Å². The average molecular weight is 468 g/mol. The second-order valence-corrected chi connectivity index (χ2v) is 9.41. The van der Waals surface area contributed by atoms with E-state index in [1.165, 1.54) is 13.2 Å². The fourth-order valence-electron chi connectivity index (χ4n) is 4.27. The minimum atomic E-state index is -3.09. The molecule has 0 aliphatic heterocycles. The first kappa shape index (κ1) is 23.7. The van der Waals surface area contributed by atoms with Crippen molar-refractivity contribution in [3.05, 3.63) is 47.8 Å². The molecule has 4 rings (SSSR count). The van der Waals surface area contributed by atoms with E-state index in [-0.39, 0.29) is 34.7 Å². The maximum atomic E-state index is 13.3. The number of Topliss-reactive ketones (excluding diaryl/α,β-unsaturated/α-hetero) is 1. The number of ketones is 1. The van der Waals surface area contributed by atoms with Gasteiger partial charge in [0.15, 0.2) is 5.78 Å².